The molecule has 0 aliphatic heterocycles. The van der Waals surface area contributed by atoms with Crippen molar-refractivity contribution in [2.45, 2.75) is 18.9 Å². The molecule has 0 spiro atoms. The summed E-state index contributed by atoms with van der Waals surface area (Å²) in [7, 11) is 0. The molecule has 1 aromatic heterocycles. The second-order valence-electron chi connectivity index (χ2n) is 2.91. The van der Waals surface area contributed by atoms with Crippen LogP contribution in [0.5, 0.6) is 0 Å². The Morgan fingerprint density at radius 1 is 1.67 bits per heavy atom. The monoisotopic (exact) mass is 232 g/mol. The van der Waals surface area contributed by atoms with E-state index < -0.39 is 4.92 Å². The molecule has 1 atom stereocenters. The quantitative estimate of drug-likeness (QED) is 0.481. The Labute approximate surface area is 93.5 Å². The summed E-state index contributed by atoms with van der Waals surface area (Å²) in [6.07, 6.45) is 3.18. The average molecular weight is 233 g/mol. The predicted molar refractivity (Wildman–Crippen MR) is 59.0 cm³/mol. The van der Waals surface area contributed by atoms with Gasteiger partial charge in [-0.05, 0) is 18.9 Å². The molecule has 0 fully saturated rings. The highest BCUT2D eigenvalue weighted by Crippen LogP contribution is 2.22. The van der Waals surface area contributed by atoms with Crippen LogP contribution in [0.1, 0.15) is 24.6 Å². The number of nitrogens with two attached hydrogens (primary N) is 1. The minimum atomic E-state index is -0.580. The van der Waals surface area contributed by atoms with Crippen LogP contribution in [-0.4, -0.2) is 4.92 Å². The summed E-state index contributed by atoms with van der Waals surface area (Å²) in [5.41, 5.74) is 5.73. The zero-order chi connectivity index (χ0) is 10.6. The maximum absolute atomic E-state index is 10.3. The third-order valence-electron chi connectivity index (χ3n) is 1.84. The lowest BCUT2D eigenvalue weighted by atomic mass is 10.1. The molecule has 1 heterocycles. The van der Waals surface area contributed by atoms with Crippen LogP contribution < -0.4 is 5.73 Å². The smallest absolute Gasteiger partial charge is 0.404 e. The van der Waals surface area contributed by atoms with Gasteiger partial charge in [-0.15, -0.1) is 19.0 Å². The molecule has 1 aromatic rings. The van der Waals surface area contributed by atoms with Crippen molar-refractivity contribution in [1.82, 2.24) is 0 Å². The fourth-order valence-corrected chi connectivity index (χ4v) is 1.08. The molecule has 84 valence electrons. The lowest BCUT2D eigenvalue weighted by Gasteiger charge is -2.04. The van der Waals surface area contributed by atoms with Gasteiger partial charge in [0.1, 0.15) is 10.7 Å². The molecule has 15 heavy (non-hydrogen) atoms. The largest absolute Gasteiger partial charge is 0.433 e. The first-order valence-electron chi connectivity index (χ1n) is 4.25. The molecule has 6 heteroatoms. The van der Waals surface area contributed by atoms with Crippen LogP contribution in [0.4, 0.5) is 5.88 Å². The molecule has 0 saturated heterocycles. The maximum Gasteiger partial charge on any atom is 0.433 e. The van der Waals surface area contributed by atoms with E-state index in [2.05, 4.69) is 6.58 Å². The van der Waals surface area contributed by atoms with E-state index in [1.807, 2.05) is 0 Å². The van der Waals surface area contributed by atoms with Crippen LogP contribution >= 0.6 is 12.4 Å². The Bertz CT molecular complexity index is 338. The Hall–Kier alpha value is -1.33. The van der Waals surface area contributed by atoms with Gasteiger partial charge < -0.3 is 10.2 Å². The minimum Gasteiger partial charge on any atom is -0.404 e. The fourth-order valence-electron chi connectivity index (χ4n) is 1.08. The van der Waals surface area contributed by atoms with Crippen LogP contribution in [0.3, 0.4) is 0 Å². The van der Waals surface area contributed by atoms with Gasteiger partial charge in [0.25, 0.3) is 0 Å². The average Bonchev–Trinajstić information content (AvgIpc) is 2.62. The number of nitrogens with zero attached hydrogens (tertiary/aromatic N) is 1. The first-order chi connectivity index (χ1) is 6.65. The van der Waals surface area contributed by atoms with Gasteiger partial charge in [-0.2, -0.15) is 0 Å². The zero-order valence-electron chi connectivity index (χ0n) is 8.09. The molecular formula is C9H13ClN2O3. The third-order valence-corrected chi connectivity index (χ3v) is 1.84. The molecule has 0 bridgehead atoms. The number of nitro groups is 1. The molecule has 0 saturated carbocycles. The van der Waals surface area contributed by atoms with E-state index in [9.17, 15) is 10.1 Å². The molecular weight excluding hydrogens is 220 g/mol. The van der Waals surface area contributed by atoms with Crippen molar-refractivity contribution in [2.75, 3.05) is 0 Å². The lowest BCUT2D eigenvalue weighted by Crippen LogP contribution is -2.08. The third kappa shape index (κ3) is 3.73. The van der Waals surface area contributed by atoms with Crippen LogP contribution in [0.2, 0.25) is 0 Å². The van der Waals surface area contributed by atoms with E-state index in [4.69, 9.17) is 10.2 Å². The maximum atomic E-state index is 10.3. The second-order valence-corrected chi connectivity index (χ2v) is 2.91. The van der Waals surface area contributed by atoms with Gasteiger partial charge in [0.15, 0.2) is 0 Å². The van der Waals surface area contributed by atoms with Gasteiger partial charge in [0.2, 0.25) is 0 Å². The van der Waals surface area contributed by atoms with Gasteiger partial charge in [0.05, 0.1) is 12.1 Å². The summed E-state index contributed by atoms with van der Waals surface area (Å²) in [5.74, 6) is 0.174. The van der Waals surface area contributed by atoms with Crippen molar-refractivity contribution in [1.29, 1.82) is 0 Å². The number of allylic oxidation sites excluding steroid dienone is 1. The van der Waals surface area contributed by atoms with Gasteiger partial charge in [-0.25, -0.2) is 0 Å². The molecule has 0 radical (unpaired) electrons. The first-order valence-corrected chi connectivity index (χ1v) is 4.25. The first kappa shape index (κ1) is 13.7. The molecule has 0 aromatic carbocycles. The molecule has 0 amide bonds. The van der Waals surface area contributed by atoms with Crippen molar-refractivity contribution in [3.63, 3.8) is 0 Å². The molecule has 5 nitrogen and oxygen atoms in total. The summed E-state index contributed by atoms with van der Waals surface area (Å²) >= 11 is 0. The number of hydrogen-bond acceptors (Lipinski definition) is 4. The summed E-state index contributed by atoms with van der Waals surface area (Å²) in [6.45, 7) is 3.57. The van der Waals surface area contributed by atoms with E-state index in [-0.39, 0.29) is 24.3 Å². The number of halogens is 1. The molecule has 0 aliphatic rings. The standard InChI is InChI=1S/C9H12N2O3.ClH/c1-2-3-4-7(10)8-5-6-9(14-8)11(12)13;/h2,5-7H,1,3-4,10H2;1H/t7-;/m0./s1. The van der Waals surface area contributed by atoms with Crippen LogP contribution in [-0.2, 0) is 0 Å². The van der Waals surface area contributed by atoms with Gasteiger partial charge >= 0.3 is 5.88 Å². The van der Waals surface area contributed by atoms with Crippen molar-refractivity contribution in [3.05, 3.63) is 40.7 Å². The highest BCUT2D eigenvalue weighted by atomic mass is 35.5. The lowest BCUT2D eigenvalue weighted by molar-refractivity contribution is -0.402. The summed E-state index contributed by atoms with van der Waals surface area (Å²) < 4.78 is 4.95. The van der Waals surface area contributed by atoms with Gasteiger partial charge in [-0.3, -0.25) is 10.1 Å². The molecule has 0 aliphatic carbocycles. The fraction of sp³-hybridized carbons (Fsp3) is 0.333. The zero-order valence-corrected chi connectivity index (χ0v) is 8.90. The van der Waals surface area contributed by atoms with Crippen molar-refractivity contribution >= 4 is 18.3 Å². The highest BCUT2D eigenvalue weighted by Gasteiger charge is 2.15. The Kier molecular flexibility index (Phi) is 5.66. The topological polar surface area (TPSA) is 82.3 Å². The van der Waals surface area contributed by atoms with Crippen LogP contribution in [0, 0.1) is 10.1 Å². The van der Waals surface area contributed by atoms with E-state index in [1.54, 1.807) is 6.08 Å². The molecule has 1 rings (SSSR count). The second kappa shape index (κ2) is 6.21. The van der Waals surface area contributed by atoms with Crippen molar-refractivity contribution < 1.29 is 9.34 Å². The number of furan rings is 1. The van der Waals surface area contributed by atoms with Crippen molar-refractivity contribution in [2.24, 2.45) is 5.73 Å². The van der Waals surface area contributed by atoms with E-state index >= 15 is 0 Å². The van der Waals surface area contributed by atoms with E-state index in [0.29, 0.717) is 12.2 Å². The van der Waals surface area contributed by atoms with Crippen LogP contribution in [0.15, 0.2) is 29.2 Å². The Morgan fingerprint density at radius 3 is 2.80 bits per heavy atom. The molecule has 2 N–H and O–H groups in total. The normalized spacial score (nSPS) is 11.5. The highest BCUT2D eigenvalue weighted by molar-refractivity contribution is 5.85. The summed E-state index contributed by atoms with van der Waals surface area (Å²) in [4.78, 5) is 9.73. The minimum absolute atomic E-state index is 0. The summed E-state index contributed by atoms with van der Waals surface area (Å²) in [5, 5.41) is 10.3. The predicted octanol–water partition coefficient (Wildman–Crippen LogP) is 2.58. The van der Waals surface area contributed by atoms with E-state index in [1.165, 1.54) is 12.1 Å². The molecule has 0 unspecified atom stereocenters. The number of rotatable bonds is 5. The SMILES string of the molecule is C=CCC[C@H](N)c1ccc([N+](=O)[O-])o1.Cl. The van der Waals surface area contributed by atoms with Gasteiger partial charge in [-0.1, -0.05) is 6.08 Å². The van der Waals surface area contributed by atoms with Gasteiger partial charge in [0, 0.05) is 0 Å². The number of hydrogen-bond donors (Lipinski definition) is 1. The van der Waals surface area contributed by atoms with Crippen LogP contribution in [0.25, 0.3) is 0 Å². The Balaban J connectivity index is 0.00000196. The van der Waals surface area contributed by atoms with E-state index in [0.717, 1.165) is 6.42 Å². The van der Waals surface area contributed by atoms with Crippen molar-refractivity contribution in [3.8, 4) is 0 Å². The Morgan fingerprint density at radius 2 is 2.33 bits per heavy atom. The summed E-state index contributed by atoms with van der Waals surface area (Å²) in [6, 6.07) is 2.54.